The molecule has 3 rings (SSSR count). The molecule has 37 heavy (non-hydrogen) atoms. The first-order valence-electron chi connectivity index (χ1n) is 12.4. The zero-order valence-corrected chi connectivity index (χ0v) is 21.0. The van der Waals surface area contributed by atoms with Crippen LogP contribution in [0.25, 0.3) is 0 Å². The van der Waals surface area contributed by atoms with Crippen molar-refractivity contribution in [2.75, 3.05) is 72.7 Å². The Hall–Kier alpha value is -2.90. The van der Waals surface area contributed by atoms with Gasteiger partial charge in [-0.15, -0.1) is 0 Å². The molecule has 1 atom stereocenters. The van der Waals surface area contributed by atoms with Crippen molar-refractivity contribution in [1.29, 1.82) is 0 Å². The lowest BCUT2D eigenvalue weighted by Crippen LogP contribution is -2.54. The highest BCUT2D eigenvalue weighted by atomic mass is 16.6. The highest BCUT2D eigenvalue weighted by Crippen LogP contribution is 2.30. The Morgan fingerprint density at radius 2 is 1.30 bits per heavy atom. The average molecular weight is 523 g/mol. The van der Waals surface area contributed by atoms with E-state index >= 15 is 0 Å². The molecule has 2 aliphatic rings. The van der Waals surface area contributed by atoms with E-state index < -0.39 is 29.7 Å². The third-order valence-corrected chi connectivity index (χ3v) is 5.60. The van der Waals surface area contributed by atoms with Crippen molar-refractivity contribution in [3.8, 4) is 5.75 Å². The van der Waals surface area contributed by atoms with E-state index in [4.69, 9.17) is 28.4 Å². The Bertz CT molecular complexity index is 938. The van der Waals surface area contributed by atoms with Crippen molar-refractivity contribution >= 4 is 23.6 Å². The maximum atomic E-state index is 12.8. The molecule has 1 fully saturated rings. The molecule has 1 aromatic carbocycles. The minimum atomic E-state index is -0.999. The van der Waals surface area contributed by atoms with E-state index in [9.17, 15) is 19.2 Å². The molecule has 4 amide bonds. The lowest BCUT2D eigenvalue weighted by atomic mass is 10.0. The average Bonchev–Trinajstić information content (AvgIpc) is 3.13. The van der Waals surface area contributed by atoms with Crippen LogP contribution < -0.4 is 10.1 Å². The van der Waals surface area contributed by atoms with Crippen molar-refractivity contribution in [2.24, 2.45) is 0 Å². The summed E-state index contributed by atoms with van der Waals surface area (Å²) in [5, 5.41) is 2.17. The Labute approximate surface area is 215 Å². The number of ether oxygens (including phenoxy) is 6. The van der Waals surface area contributed by atoms with Gasteiger partial charge in [0.25, 0.3) is 11.8 Å². The molecule has 0 radical (unpaired) electrons. The number of benzene rings is 1. The molecule has 0 saturated carbocycles. The second-order valence-electron chi connectivity index (χ2n) is 8.15. The van der Waals surface area contributed by atoms with Gasteiger partial charge in [0.2, 0.25) is 11.8 Å². The van der Waals surface area contributed by atoms with Gasteiger partial charge < -0.3 is 28.4 Å². The number of rotatable bonds is 18. The van der Waals surface area contributed by atoms with Gasteiger partial charge in [0.1, 0.15) is 18.4 Å². The van der Waals surface area contributed by atoms with Gasteiger partial charge in [-0.1, -0.05) is 0 Å². The SMILES string of the molecule is CCOCCOCCOCCOCCOCCOc1ccc2c(c1)C(=O)N(C1CCC(=O)NC1=O)C2=O. The van der Waals surface area contributed by atoms with Crippen LogP contribution in [0, 0.1) is 0 Å². The number of nitrogens with zero attached hydrogens (tertiary/aromatic N) is 1. The number of hydrogen-bond acceptors (Lipinski definition) is 10. The molecule has 12 heteroatoms. The minimum absolute atomic E-state index is 0.0716. The molecule has 1 unspecified atom stereocenters. The quantitative estimate of drug-likeness (QED) is 0.215. The van der Waals surface area contributed by atoms with Gasteiger partial charge in [0.15, 0.2) is 0 Å². The highest BCUT2D eigenvalue weighted by Gasteiger charge is 2.44. The van der Waals surface area contributed by atoms with Crippen molar-refractivity contribution in [2.45, 2.75) is 25.8 Å². The molecule has 2 heterocycles. The Morgan fingerprint density at radius 3 is 1.86 bits per heavy atom. The summed E-state index contributed by atoms with van der Waals surface area (Å²) in [6, 6.07) is 3.57. The van der Waals surface area contributed by atoms with Crippen LogP contribution in [0.4, 0.5) is 0 Å². The van der Waals surface area contributed by atoms with Crippen LogP contribution in [0.2, 0.25) is 0 Å². The van der Waals surface area contributed by atoms with Gasteiger partial charge in [-0.3, -0.25) is 29.4 Å². The maximum Gasteiger partial charge on any atom is 0.262 e. The van der Waals surface area contributed by atoms with Gasteiger partial charge in [-0.25, -0.2) is 0 Å². The number of carbonyl (C=O) groups excluding carboxylic acids is 4. The Kier molecular flexibility index (Phi) is 11.9. The van der Waals surface area contributed by atoms with Crippen LogP contribution in [-0.2, 0) is 33.3 Å². The van der Waals surface area contributed by atoms with Gasteiger partial charge >= 0.3 is 0 Å². The van der Waals surface area contributed by atoms with E-state index in [0.29, 0.717) is 71.8 Å². The number of hydrogen-bond donors (Lipinski definition) is 1. The number of piperidine rings is 1. The molecule has 12 nitrogen and oxygen atoms in total. The van der Waals surface area contributed by atoms with Gasteiger partial charge in [-0.2, -0.15) is 0 Å². The molecule has 0 aromatic heterocycles. The first-order chi connectivity index (χ1) is 18.0. The standard InChI is InChI=1S/C25H34N2O10/c1-2-32-7-8-33-9-10-34-11-12-35-13-14-36-15-16-37-18-3-4-19-20(17-18)25(31)27(24(19)30)21-5-6-22(28)26-23(21)29/h3-4,17,21H,2,5-16H2,1H3,(H,26,28,29). The molecule has 0 spiro atoms. The van der Waals surface area contributed by atoms with Crippen molar-refractivity contribution in [1.82, 2.24) is 10.2 Å². The molecule has 204 valence electrons. The van der Waals surface area contributed by atoms with Crippen LogP contribution in [0.1, 0.15) is 40.5 Å². The van der Waals surface area contributed by atoms with E-state index in [2.05, 4.69) is 5.32 Å². The van der Waals surface area contributed by atoms with Crippen molar-refractivity contribution in [3.63, 3.8) is 0 Å². The number of nitrogens with one attached hydrogen (secondary N) is 1. The lowest BCUT2D eigenvalue weighted by Gasteiger charge is -2.27. The minimum Gasteiger partial charge on any atom is -0.491 e. The van der Waals surface area contributed by atoms with Crippen LogP contribution >= 0.6 is 0 Å². The second-order valence-corrected chi connectivity index (χ2v) is 8.15. The number of carbonyl (C=O) groups is 4. The van der Waals surface area contributed by atoms with Gasteiger partial charge in [0.05, 0.1) is 70.6 Å². The fourth-order valence-corrected chi connectivity index (χ4v) is 3.78. The predicted octanol–water partition coefficient (Wildman–Crippen LogP) is 0.570. The third-order valence-electron chi connectivity index (χ3n) is 5.60. The van der Waals surface area contributed by atoms with Gasteiger partial charge in [-0.05, 0) is 31.5 Å². The predicted molar refractivity (Wildman–Crippen MR) is 128 cm³/mol. The Balaban J connectivity index is 1.26. The summed E-state index contributed by atoms with van der Waals surface area (Å²) < 4.78 is 32.4. The smallest absolute Gasteiger partial charge is 0.262 e. The Morgan fingerprint density at radius 1 is 0.757 bits per heavy atom. The summed E-state index contributed by atoms with van der Waals surface area (Å²) >= 11 is 0. The summed E-state index contributed by atoms with van der Waals surface area (Å²) in [7, 11) is 0. The number of imide groups is 2. The lowest BCUT2D eigenvalue weighted by molar-refractivity contribution is -0.136. The summed E-state index contributed by atoms with van der Waals surface area (Å²) in [5.74, 6) is -1.78. The number of fused-ring (bicyclic) bond motifs is 1. The molecule has 2 aliphatic heterocycles. The monoisotopic (exact) mass is 522 g/mol. The van der Waals surface area contributed by atoms with Crippen LogP contribution in [0.15, 0.2) is 18.2 Å². The van der Waals surface area contributed by atoms with E-state index in [1.54, 1.807) is 6.07 Å². The molecular formula is C25H34N2O10. The van der Waals surface area contributed by atoms with E-state index in [0.717, 1.165) is 4.90 Å². The topological polar surface area (TPSA) is 139 Å². The third kappa shape index (κ3) is 8.58. The summed E-state index contributed by atoms with van der Waals surface area (Å²) in [5.41, 5.74) is 0.370. The molecule has 0 aliphatic carbocycles. The van der Waals surface area contributed by atoms with E-state index in [1.165, 1.54) is 12.1 Å². The van der Waals surface area contributed by atoms with E-state index in [1.807, 2.05) is 6.92 Å². The molecular weight excluding hydrogens is 488 g/mol. The molecule has 1 saturated heterocycles. The first kappa shape index (κ1) is 28.7. The van der Waals surface area contributed by atoms with Crippen molar-refractivity contribution < 1.29 is 47.6 Å². The van der Waals surface area contributed by atoms with Crippen molar-refractivity contribution in [3.05, 3.63) is 29.3 Å². The first-order valence-corrected chi connectivity index (χ1v) is 12.4. The summed E-state index contributed by atoms with van der Waals surface area (Å²) in [6.45, 7) is 7.07. The molecule has 1 N–H and O–H groups in total. The van der Waals surface area contributed by atoms with Gasteiger partial charge in [0, 0.05) is 13.0 Å². The molecule has 1 aromatic rings. The fourth-order valence-electron chi connectivity index (χ4n) is 3.78. The highest BCUT2D eigenvalue weighted by molar-refractivity contribution is 6.23. The normalized spacial score (nSPS) is 17.3. The summed E-state index contributed by atoms with van der Waals surface area (Å²) in [4.78, 5) is 50.0. The van der Waals surface area contributed by atoms with E-state index in [-0.39, 0.29) is 30.6 Å². The largest absolute Gasteiger partial charge is 0.491 e. The number of amides is 4. The summed E-state index contributed by atoms with van der Waals surface area (Å²) in [6.07, 6.45) is 0.181. The van der Waals surface area contributed by atoms with Crippen LogP contribution in [0.5, 0.6) is 5.75 Å². The maximum absolute atomic E-state index is 12.8. The zero-order chi connectivity index (χ0) is 26.5. The van der Waals surface area contributed by atoms with Crippen LogP contribution in [-0.4, -0.2) is 107 Å². The zero-order valence-electron chi connectivity index (χ0n) is 21.0. The molecule has 0 bridgehead atoms. The van der Waals surface area contributed by atoms with Crippen LogP contribution in [0.3, 0.4) is 0 Å². The fraction of sp³-hybridized carbons (Fsp3) is 0.600. The second kappa shape index (κ2) is 15.4.